The van der Waals surface area contributed by atoms with Crippen LogP contribution in [0.2, 0.25) is 0 Å². The van der Waals surface area contributed by atoms with Crippen LogP contribution in [0.15, 0.2) is 18.2 Å². The lowest BCUT2D eigenvalue weighted by molar-refractivity contribution is -0.384. The first-order chi connectivity index (χ1) is 11.6. The van der Waals surface area contributed by atoms with Gasteiger partial charge >= 0.3 is 5.97 Å². The zero-order valence-corrected chi connectivity index (χ0v) is 13.6. The van der Waals surface area contributed by atoms with Gasteiger partial charge in [0.2, 0.25) is 0 Å². The molecule has 0 spiro atoms. The van der Waals surface area contributed by atoms with Crippen LogP contribution in [0.1, 0.15) is 42.5 Å². The second-order valence-electron chi connectivity index (χ2n) is 6.24. The first-order valence-electron chi connectivity index (χ1n) is 8.47. The van der Waals surface area contributed by atoms with Gasteiger partial charge in [0.15, 0.2) is 0 Å². The Morgan fingerprint density at radius 2 is 2.08 bits per heavy atom. The highest BCUT2D eigenvalue weighted by Gasteiger charge is 2.24. The van der Waals surface area contributed by atoms with Gasteiger partial charge < -0.3 is 14.4 Å². The smallest absolute Gasteiger partial charge is 0.338 e. The minimum atomic E-state index is -0.541. The second-order valence-corrected chi connectivity index (χ2v) is 6.24. The highest BCUT2D eigenvalue weighted by atomic mass is 16.6. The normalized spacial score (nSPS) is 20.8. The quantitative estimate of drug-likeness (QED) is 0.468. The molecule has 7 nitrogen and oxygen atoms in total. The zero-order valence-electron chi connectivity index (χ0n) is 13.6. The van der Waals surface area contributed by atoms with E-state index in [0.717, 1.165) is 45.2 Å². The largest absolute Gasteiger partial charge is 0.459 e. The third kappa shape index (κ3) is 3.84. The van der Waals surface area contributed by atoms with Crippen LogP contribution >= 0.6 is 0 Å². The summed E-state index contributed by atoms with van der Waals surface area (Å²) in [6.07, 6.45) is 4.97. The van der Waals surface area contributed by atoms with Gasteiger partial charge in [-0.3, -0.25) is 10.1 Å². The van der Waals surface area contributed by atoms with Gasteiger partial charge in [-0.05, 0) is 44.2 Å². The fraction of sp³-hybridized carbons (Fsp3) is 0.588. The molecule has 2 aliphatic heterocycles. The number of ether oxygens (including phenoxy) is 2. The molecule has 0 aliphatic carbocycles. The molecule has 0 radical (unpaired) electrons. The topological polar surface area (TPSA) is 81.9 Å². The third-order valence-electron chi connectivity index (χ3n) is 4.53. The van der Waals surface area contributed by atoms with Gasteiger partial charge in [-0.1, -0.05) is 0 Å². The Morgan fingerprint density at radius 3 is 2.75 bits per heavy atom. The monoisotopic (exact) mass is 334 g/mol. The van der Waals surface area contributed by atoms with Gasteiger partial charge in [-0.25, -0.2) is 4.79 Å². The first kappa shape index (κ1) is 16.7. The van der Waals surface area contributed by atoms with Gasteiger partial charge in [0, 0.05) is 25.8 Å². The number of carbonyl (C=O) groups is 1. The van der Waals surface area contributed by atoms with Crippen LogP contribution in [-0.2, 0) is 9.47 Å². The number of esters is 1. The van der Waals surface area contributed by atoms with Gasteiger partial charge in [0.05, 0.1) is 16.6 Å². The molecule has 0 N–H and O–H groups in total. The minimum absolute atomic E-state index is 0.0414. The molecule has 0 saturated carbocycles. The van der Waals surface area contributed by atoms with E-state index in [4.69, 9.17) is 9.47 Å². The summed E-state index contributed by atoms with van der Waals surface area (Å²) in [6.45, 7) is 2.51. The zero-order chi connectivity index (χ0) is 16.9. The van der Waals surface area contributed by atoms with E-state index >= 15 is 0 Å². The van der Waals surface area contributed by atoms with Crippen LogP contribution in [0.5, 0.6) is 0 Å². The van der Waals surface area contributed by atoms with E-state index in [1.165, 1.54) is 6.07 Å². The molecule has 1 atom stereocenters. The molecule has 2 heterocycles. The molecular weight excluding hydrogens is 312 g/mol. The van der Waals surface area contributed by atoms with Crippen molar-refractivity contribution in [1.29, 1.82) is 0 Å². The number of hydrogen-bond donors (Lipinski definition) is 0. The number of rotatable bonds is 5. The van der Waals surface area contributed by atoms with E-state index in [2.05, 4.69) is 0 Å². The Bertz CT molecular complexity index is 607. The predicted octanol–water partition coefficient (Wildman–Crippen LogP) is 2.92. The molecule has 24 heavy (non-hydrogen) atoms. The molecular formula is C17H22N2O5. The summed E-state index contributed by atoms with van der Waals surface area (Å²) in [6, 6.07) is 4.57. The lowest BCUT2D eigenvalue weighted by Crippen LogP contribution is -2.26. The Hall–Kier alpha value is -2.15. The van der Waals surface area contributed by atoms with Crippen LogP contribution in [0.4, 0.5) is 11.4 Å². The number of anilines is 1. The maximum absolute atomic E-state index is 12.2. The first-order valence-corrected chi connectivity index (χ1v) is 8.47. The van der Waals surface area contributed by atoms with Gasteiger partial charge in [-0.2, -0.15) is 0 Å². The Kier molecular flexibility index (Phi) is 5.30. The summed E-state index contributed by atoms with van der Waals surface area (Å²) in [5.74, 6) is -0.541. The lowest BCUT2D eigenvalue weighted by Gasteiger charge is -2.22. The van der Waals surface area contributed by atoms with Crippen molar-refractivity contribution in [2.75, 3.05) is 31.2 Å². The van der Waals surface area contributed by atoms with Crippen LogP contribution in [0, 0.1) is 10.1 Å². The molecule has 2 saturated heterocycles. The van der Waals surface area contributed by atoms with E-state index < -0.39 is 10.9 Å². The molecule has 1 aromatic rings. The highest BCUT2D eigenvalue weighted by molar-refractivity contribution is 5.91. The summed E-state index contributed by atoms with van der Waals surface area (Å²) in [5.41, 5.74) is 0.741. The van der Waals surface area contributed by atoms with Crippen LogP contribution < -0.4 is 4.90 Å². The molecule has 0 bridgehead atoms. The number of nitrogens with zero attached hydrogens (tertiary/aromatic N) is 2. The van der Waals surface area contributed by atoms with E-state index in [-0.39, 0.29) is 24.0 Å². The summed E-state index contributed by atoms with van der Waals surface area (Å²) in [5, 5.41) is 11.4. The molecule has 0 aromatic heterocycles. The molecule has 2 fully saturated rings. The molecule has 3 rings (SSSR count). The molecule has 0 amide bonds. The Balaban J connectivity index is 1.69. The SMILES string of the molecule is O=C(OCC1CCCCO1)c1ccc(N2CCCC2)c([N+](=O)[O-])c1. The number of nitro benzene ring substituents is 1. The van der Waals surface area contributed by atoms with E-state index in [1.807, 2.05) is 4.90 Å². The van der Waals surface area contributed by atoms with Crippen LogP contribution in [0.3, 0.4) is 0 Å². The summed E-state index contributed by atoms with van der Waals surface area (Å²) >= 11 is 0. The minimum Gasteiger partial charge on any atom is -0.459 e. The number of nitro groups is 1. The van der Waals surface area contributed by atoms with Crippen LogP contribution in [-0.4, -0.2) is 43.3 Å². The predicted molar refractivity (Wildman–Crippen MR) is 88.4 cm³/mol. The summed E-state index contributed by atoms with van der Waals surface area (Å²) < 4.78 is 10.8. The maximum Gasteiger partial charge on any atom is 0.338 e. The fourth-order valence-corrected chi connectivity index (χ4v) is 3.21. The van der Waals surface area contributed by atoms with Crippen LogP contribution in [0.25, 0.3) is 0 Å². The van der Waals surface area contributed by atoms with Crippen molar-refractivity contribution in [3.05, 3.63) is 33.9 Å². The number of hydrogen-bond acceptors (Lipinski definition) is 6. The number of benzene rings is 1. The van der Waals surface area contributed by atoms with E-state index in [0.29, 0.717) is 12.3 Å². The summed E-state index contributed by atoms with van der Waals surface area (Å²) in [7, 11) is 0. The molecule has 130 valence electrons. The fourth-order valence-electron chi connectivity index (χ4n) is 3.21. The maximum atomic E-state index is 12.2. The number of carbonyl (C=O) groups excluding carboxylic acids is 1. The molecule has 2 aliphatic rings. The van der Waals surface area contributed by atoms with Crippen molar-refractivity contribution >= 4 is 17.3 Å². The van der Waals surface area contributed by atoms with E-state index in [9.17, 15) is 14.9 Å². The summed E-state index contributed by atoms with van der Waals surface area (Å²) in [4.78, 5) is 25.1. The van der Waals surface area contributed by atoms with Crippen molar-refractivity contribution < 1.29 is 19.2 Å². The van der Waals surface area contributed by atoms with Gasteiger partial charge in [-0.15, -0.1) is 0 Å². The van der Waals surface area contributed by atoms with Crippen molar-refractivity contribution in [2.45, 2.75) is 38.2 Å². The van der Waals surface area contributed by atoms with Gasteiger partial charge in [0.25, 0.3) is 5.69 Å². The van der Waals surface area contributed by atoms with Crippen molar-refractivity contribution in [3.8, 4) is 0 Å². The third-order valence-corrected chi connectivity index (χ3v) is 4.53. The standard InChI is InChI=1S/C17H22N2O5/c20-17(24-12-14-5-1-4-10-23-14)13-6-7-15(16(11-13)19(21)22)18-8-2-3-9-18/h6-7,11,14H,1-5,8-10,12H2. The molecule has 1 unspecified atom stereocenters. The van der Waals surface area contributed by atoms with Gasteiger partial charge in [0.1, 0.15) is 12.3 Å². The average molecular weight is 334 g/mol. The average Bonchev–Trinajstić information content (AvgIpc) is 3.14. The Morgan fingerprint density at radius 1 is 1.29 bits per heavy atom. The van der Waals surface area contributed by atoms with Crippen molar-refractivity contribution in [2.24, 2.45) is 0 Å². The van der Waals surface area contributed by atoms with Crippen molar-refractivity contribution in [1.82, 2.24) is 0 Å². The van der Waals surface area contributed by atoms with Crippen molar-refractivity contribution in [3.63, 3.8) is 0 Å². The molecule has 1 aromatic carbocycles. The lowest BCUT2D eigenvalue weighted by atomic mass is 10.1. The highest BCUT2D eigenvalue weighted by Crippen LogP contribution is 2.31. The van der Waals surface area contributed by atoms with E-state index in [1.54, 1.807) is 12.1 Å². The second kappa shape index (κ2) is 7.61. The Labute approximate surface area is 140 Å². The molecule has 7 heteroatoms.